The summed E-state index contributed by atoms with van der Waals surface area (Å²) in [7, 11) is 0. The van der Waals surface area contributed by atoms with Gasteiger partial charge in [-0.05, 0) is 13.8 Å². The van der Waals surface area contributed by atoms with Crippen molar-refractivity contribution in [2.45, 2.75) is 26.1 Å². The van der Waals surface area contributed by atoms with E-state index in [4.69, 9.17) is 14.9 Å². The molecule has 0 heterocycles. The summed E-state index contributed by atoms with van der Waals surface area (Å²) in [6, 6.07) is 0. The van der Waals surface area contributed by atoms with E-state index in [2.05, 4.69) is 5.32 Å². The minimum Gasteiger partial charge on any atom is -0.394 e. The minimum atomic E-state index is -0.668. The summed E-state index contributed by atoms with van der Waals surface area (Å²) < 4.78 is 5.25. The van der Waals surface area contributed by atoms with Crippen LogP contribution in [0.2, 0.25) is 0 Å². The molecule has 4 nitrogen and oxygen atoms in total. The normalized spacial score (nSPS) is 16.0. The summed E-state index contributed by atoms with van der Waals surface area (Å²) in [5.41, 5.74) is 0. The van der Waals surface area contributed by atoms with E-state index in [9.17, 15) is 0 Å². The number of rotatable bonds is 7. The Labute approximate surface area is 73.5 Å². The third kappa shape index (κ3) is 6.54. The second kappa shape index (κ2) is 7.49. The zero-order chi connectivity index (χ0) is 9.40. The van der Waals surface area contributed by atoms with Crippen molar-refractivity contribution in [1.82, 2.24) is 5.32 Å². The van der Waals surface area contributed by atoms with Crippen LogP contribution in [0.5, 0.6) is 0 Å². The topological polar surface area (TPSA) is 61.7 Å². The summed E-state index contributed by atoms with van der Waals surface area (Å²) in [5, 5.41) is 20.4. The van der Waals surface area contributed by atoms with E-state index in [1.54, 1.807) is 0 Å². The van der Waals surface area contributed by atoms with Crippen molar-refractivity contribution in [2.75, 3.05) is 26.3 Å². The average molecular weight is 177 g/mol. The Kier molecular flexibility index (Phi) is 7.39. The van der Waals surface area contributed by atoms with Crippen LogP contribution in [0.1, 0.15) is 13.8 Å². The summed E-state index contributed by atoms with van der Waals surface area (Å²) in [4.78, 5) is 0. The largest absolute Gasteiger partial charge is 0.394 e. The van der Waals surface area contributed by atoms with E-state index in [-0.39, 0.29) is 12.7 Å². The molecule has 0 saturated carbocycles. The molecule has 74 valence electrons. The number of hydrogen-bond acceptors (Lipinski definition) is 4. The standard InChI is InChI=1S/C8H19NO3/c1-3-12-7(2)4-9-5-8(11)6-10/h7-11H,3-6H2,1-2H3. The molecule has 0 radical (unpaired) electrons. The highest BCUT2D eigenvalue weighted by Crippen LogP contribution is 1.87. The van der Waals surface area contributed by atoms with Crippen molar-refractivity contribution >= 4 is 0 Å². The van der Waals surface area contributed by atoms with Gasteiger partial charge in [0.2, 0.25) is 0 Å². The molecule has 2 atom stereocenters. The molecular formula is C8H19NO3. The van der Waals surface area contributed by atoms with Crippen molar-refractivity contribution in [3.8, 4) is 0 Å². The molecule has 0 aliphatic heterocycles. The van der Waals surface area contributed by atoms with Crippen LogP contribution in [-0.2, 0) is 4.74 Å². The lowest BCUT2D eigenvalue weighted by molar-refractivity contribution is 0.0645. The summed E-state index contributed by atoms with van der Waals surface area (Å²) in [5.74, 6) is 0. The average Bonchev–Trinajstić information content (AvgIpc) is 2.04. The second-order valence-corrected chi connectivity index (χ2v) is 2.76. The molecule has 0 aromatic carbocycles. The van der Waals surface area contributed by atoms with E-state index in [1.165, 1.54) is 0 Å². The quantitative estimate of drug-likeness (QED) is 0.484. The first-order valence-electron chi connectivity index (χ1n) is 4.32. The Bertz CT molecular complexity index is 100. The van der Waals surface area contributed by atoms with Crippen molar-refractivity contribution in [3.63, 3.8) is 0 Å². The van der Waals surface area contributed by atoms with Gasteiger partial charge in [-0.2, -0.15) is 0 Å². The summed E-state index contributed by atoms with van der Waals surface area (Å²) >= 11 is 0. The fourth-order valence-electron chi connectivity index (χ4n) is 0.861. The fourth-order valence-corrected chi connectivity index (χ4v) is 0.861. The molecule has 12 heavy (non-hydrogen) atoms. The molecule has 0 spiro atoms. The molecule has 4 heteroatoms. The Morgan fingerprint density at radius 3 is 2.58 bits per heavy atom. The molecule has 0 amide bonds. The zero-order valence-electron chi connectivity index (χ0n) is 7.79. The second-order valence-electron chi connectivity index (χ2n) is 2.76. The number of aliphatic hydroxyl groups is 2. The smallest absolute Gasteiger partial charge is 0.0894 e. The van der Waals surface area contributed by atoms with Crippen LogP contribution in [0.3, 0.4) is 0 Å². The molecule has 0 fully saturated rings. The van der Waals surface area contributed by atoms with Crippen molar-refractivity contribution in [3.05, 3.63) is 0 Å². The lowest BCUT2D eigenvalue weighted by Crippen LogP contribution is -2.34. The van der Waals surface area contributed by atoms with E-state index in [0.29, 0.717) is 19.7 Å². The molecule has 2 unspecified atom stereocenters. The first-order chi connectivity index (χ1) is 5.70. The summed E-state index contributed by atoms with van der Waals surface area (Å²) in [6.45, 7) is 5.52. The fraction of sp³-hybridized carbons (Fsp3) is 1.00. The zero-order valence-corrected chi connectivity index (χ0v) is 7.79. The van der Waals surface area contributed by atoms with Gasteiger partial charge in [0.1, 0.15) is 0 Å². The predicted molar refractivity (Wildman–Crippen MR) is 47.1 cm³/mol. The third-order valence-corrected chi connectivity index (χ3v) is 1.47. The van der Waals surface area contributed by atoms with Gasteiger partial charge in [-0.25, -0.2) is 0 Å². The van der Waals surface area contributed by atoms with Gasteiger partial charge >= 0.3 is 0 Å². The van der Waals surface area contributed by atoms with Gasteiger partial charge in [0, 0.05) is 19.7 Å². The van der Waals surface area contributed by atoms with E-state index >= 15 is 0 Å². The molecule has 0 aromatic rings. The molecule has 0 rings (SSSR count). The molecular weight excluding hydrogens is 158 g/mol. The minimum absolute atomic E-state index is 0.154. The number of nitrogens with one attached hydrogen (secondary N) is 1. The first-order valence-corrected chi connectivity index (χ1v) is 4.32. The third-order valence-electron chi connectivity index (χ3n) is 1.47. The maximum atomic E-state index is 8.95. The Balaban J connectivity index is 3.18. The lowest BCUT2D eigenvalue weighted by Gasteiger charge is -2.13. The van der Waals surface area contributed by atoms with Crippen molar-refractivity contribution < 1.29 is 14.9 Å². The lowest BCUT2D eigenvalue weighted by atomic mass is 10.3. The van der Waals surface area contributed by atoms with Gasteiger partial charge < -0.3 is 20.3 Å². The molecule has 0 aromatic heterocycles. The van der Waals surface area contributed by atoms with Crippen LogP contribution < -0.4 is 5.32 Å². The Morgan fingerprint density at radius 2 is 2.08 bits per heavy atom. The van der Waals surface area contributed by atoms with E-state index in [1.807, 2.05) is 13.8 Å². The van der Waals surface area contributed by atoms with E-state index < -0.39 is 6.10 Å². The maximum Gasteiger partial charge on any atom is 0.0894 e. The van der Waals surface area contributed by atoms with Gasteiger partial charge in [0.25, 0.3) is 0 Å². The molecule has 3 N–H and O–H groups in total. The number of ether oxygens (including phenoxy) is 1. The van der Waals surface area contributed by atoms with Gasteiger partial charge in [-0.3, -0.25) is 0 Å². The Morgan fingerprint density at radius 1 is 1.42 bits per heavy atom. The highest BCUT2D eigenvalue weighted by atomic mass is 16.5. The van der Waals surface area contributed by atoms with Crippen LogP contribution in [-0.4, -0.2) is 48.7 Å². The van der Waals surface area contributed by atoms with Gasteiger partial charge in [0.05, 0.1) is 18.8 Å². The van der Waals surface area contributed by atoms with Crippen molar-refractivity contribution in [2.24, 2.45) is 0 Å². The predicted octanol–water partition coefficient (Wildman–Crippen LogP) is -0.646. The number of aliphatic hydroxyl groups excluding tert-OH is 2. The highest BCUT2D eigenvalue weighted by molar-refractivity contribution is 4.60. The van der Waals surface area contributed by atoms with Crippen molar-refractivity contribution in [1.29, 1.82) is 0 Å². The van der Waals surface area contributed by atoms with Gasteiger partial charge in [-0.1, -0.05) is 0 Å². The molecule has 0 aliphatic rings. The maximum absolute atomic E-state index is 8.95. The van der Waals surface area contributed by atoms with Gasteiger partial charge in [0.15, 0.2) is 0 Å². The SMILES string of the molecule is CCOC(C)CNCC(O)CO. The van der Waals surface area contributed by atoms with E-state index in [0.717, 1.165) is 0 Å². The van der Waals surface area contributed by atoms with Crippen LogP contribution >= 0.6 is 0 Å². The van der Waals surface area contributed by atoms with Gasteiger partial charge in [-0.15, -0.1) is 0 Å². The monoisotopic (exact) mass is 177 g/mol. The van der Waals surface area contributed by atoms with Crippen LogP contribution in [0.4, 0.5) is 0 Å². The highest BCUT2D eigenvalue weighted by Gasteiger charge is 2.03. The molecule has 0 aliphatic carbocycles. The van der Waals surface area contributed by atoms with Crippen LogP contribution in [0, 0.1) is 0 Å². The summed E-state index contributed by atoms with van der Waals surface area (Å²) in [6.07, 6.45) is -0.514. The van der Waals surface area contributed by atoms with Crippen LogP contribution in [0.15, 0.2) is 0 Å². The van der Waals surface area contributed by atoms with Crippen LogP contribution in [0.25, 0.3) is 0 Å². The molecule has 0 bridgehead atoms. The molecule has 0 saturated heterocycles. The Hall–Kier alpha value is -0.160. The first kappa shape index (κ1) is 11.8. The number of hydrogen-bond donors (Lipinski definition) is 3.